The van der Waals surface area contributed by atoms with E-state index in [1.165, 1.54) is 11.3 Å². The molecule has 1 rings (SSSR count). The third kappa shape index (κ3) is 2.21. The molecule has 1 aromatic rings. The third-order valence-corrected chi connectivity index (χ3v) is 3.38. The van der Waals surface area contributed by atoms with Gasteiger partial charge in [0.15, 0.2) is 0 Å². The summed E-state index contributed by atoms with van der Waals surface area (Å²) in [6.45, 7) is 4.24. The molecule has 0 bridgehead atoms. The lowest BCUT2D eigenvalue weighted by Gasteiger charge is -2.04. The predicted octanol–water partition coefficient (Wildman–Crippen LogP) is 1.57. The van der Waals surface area contributed by atoms with Gasteiger partial charge in [-0.05, 0) is 12.0 Å². The largest absolute Gasteiger partial charge is 0.507 e. The van der Waals surface area contributed by atoms with Crippen molar-refractivity contribution in [2.75, 3.05) is 6.54 Å². The first-order valence-electron chi connectivity index (χ1n) is 4.27. The van der Waals surface area contributed by atoms with Crippen LogP contribution >= 0.6 is 11.3 Å². The Morgan fingerprint density at radius 3 is 2.54 bits per heavy atom. The average molecular weight is 201 g/mol. The van der Waals surface area contributed by atoms with Gasteiger partial charge in [0.2, 0.25) is 0 Å². The minimum Gasteiger partial charge on any atom is -0.507 e. The standard InChI is InChI=1S/C9H15NO2S/c1-5(2)8-3-6(11)9(13-8)7(12)4-10/h3,5,7,11-12H,4,10H2,1-2H3. The highest BCUT2D eigenvalue weighted by Crippen LogP contribution is 2.36. The Kier molecular flexibility index (Phi) is 3.30. The maximum absolute atomic E-state index is 9.48. The zero-order valence-electron chi connectivity index (χ0n) is 7.82. The summed E-state index contributed by atoms with van der Waals surface area (Å²) in [6, 6.07) is 1.70. The van der Waals surface area contributed by atoms with Crippen molar-refractivity contribution in [1.82, 2.24) is 0 Å². The zero-order chi connectivity index (χ0) is 10.0. The third-order valence-electron chi connectivity index (χ3n) is 1.85. The molecule has 0 amide bonds. The fourth-order valence-electron chi connectivity index (χ4n) is 1.04. The van der Waals surface area contributed by atoms with Crippen LogP contribution in [0.1, 0.15) is 35.6 Å². The first-order valence-corrected chi connectivity index (χ1v) is 5.08. The van der Waals surface area contributed by atoms with Crippen molar-refractivity contribution in [2.24, 2.45) is 5.73 Å². The Morgan fingerprint density at radius 1 is 1.54 bits per heavy atom. The second-order valence-corrected chi connectivity index (χ2v) is 4.42. The number of aliphatic hydroxyl groups excluding tert-OH is 1. The smallest absolute Gasteiger partial charge is 0.132 e. The molecule has 74 valence electrons. The van der Waals surface area contributed by atoms with Crippen LogP contribution in [-0.2, 0) is 0 Å². The topological polar surface area (TPSA) is 66.5 Å². The van der Waals surface area contributed by atoms with Crippen LogP contribution in [0.25, 0.3) is 0 Å². The summed E-state index contributed by atoms with van der Waals surface area (Å²) < 4.78 is 0. The van der Waals surface area contributed by atoms with Crippen molar-refractivity contribution in [3.8, 4) is 5.75 Å². The summed E-state index contributed by atoms with van der Waals surface area (Å²) in [5.74, 6) is 0.529. The Morgan fingerprint density at radius 2 is 2.15 bits per heavy atom. The van der Waals surface area contributed by atoms with Gasteiger partial charge < -0.3 is 15.9 Å². The van der Waals surface area contributed by atoms with Crippen molar-refractivity contribution in [2.45, 2.75) is 25.9 Å². The number of nitrogens with two attached hydrogens (primary N) is 1. The van der Waals surface area contributed by atoms with E-state index < -0.39 is 6.10 Å². The van der Waals surface area contributed by atoms with Crippen LogP contribution in [0.3, 0.4) is 0 Å². The second-order valence-electron chi connectivity index (χ2n) is 3.30. The highest BCUT2D eigenvalue weighted by molar-refractivity contribution is 7.12. The van der Waals surface area contributed by atoms with Gasteiger partial charge in [0.25, 0.3) is 0 Å². The van der Waals surface area contributed by atoms with Crippen molar-refractivity contribution < 1.29 is 10.2 Å². The SMILES string of the molecule is CC(C)c1cc(O)c(C(O)CN)s1. The van der Waals surface area contributed by atoms with Crippen molar-refractivity contribution in [3.63, 3.8) is 0 Å². The Hall–Kier alpha value is -0.580. The molecule has 0 saturated carbocycles. The molecule has 1 unspecified atom stereocenters. The van der Waals surface area contributed by atoms with Crippen LogP contribution in [0, 0.1) is 0 Å². The van der Waals surface area contributed by atoms with Crippen LogP contribution in [-0.4, -0.2) is 16.8 Å². The van der Waals surface area contributed by atoms with Crippen LogP contribution in [0.2, 0.25) is 0 Å². The van der Waals surface area contributed by atoms with Crippen LogP contribution in [0.15, 0.2) is 6.07 Å². The maximum Gasteiger partial charge on any atom is 0.132 e. The molecule has 1 heterocycles. The summed E-state index contributed by atoms with van der Waals surface area (Å²) in [5, 5.41) is 18.9. The molecule has 13 heavy (non-hydrogen) atoms. The Labute approximate surface area is 81.8 Å². The number of hydrogen-bond acceptors (Lipinski definition) is 4. The molecule has 0 aromatic carbocycles. The summed E-state index contributed by atoms with van der Waals surface area (Å²) in [4.78, 5) is 1.64. The van der Waals surface area contributed by atoms with E-state index in [1.807, 2.05) is 13.8 Å². The molecule has 0 fully saturated rings. The molecule has 0 aliphatic carbocycles. The molecular formula is C9H15NO2S. The lowest BCUT2D eigenvalue weighted by molar-refractivity contribution is 0.187. The summed E-state index contributed by atoms with van der Waals surface area (Å²) in [5.41, 5.74) is 5.30. The highest BCUT2D eigenvalue weighted by Gasteiger charge is 2.16. The van der Waals surface area contributed by atoms with E-state index in [0.717, 1.165) is 4.88 Å². The van der Waals surface area contributed by atoms with Crippen molar-refractivity contribution in [1.29, 1.82) is 0 Å². The molecular weight excluding hydrogens is 186 g/mol. The minimum atomic E-state index is -0.738. The van der Waals surface area contributed by atoms with Gasteiger partial charge in [-0.15, -0.1) is 11.3 Å². The van der Waals surface area contributed by atoms with Crippen LogP contribution in [0.4, 0.5) is 0 Å². The fourth-order valence-corrected chi connectivity index (χ4v) is 2.10. The minimum absolute atomic E-state index is 0.144. The van der Waals surface area contributed by atoms with Gasteiger partial charge in [0.05, 0.1) is 4.88 Å². The van der Waals surface area contributed by atoms with Gasteiger partial charge >= 0.3 is 0 Å². The van der Waals surface area contributed by atoms with E-state index in [-0.39, 0.29) is 12.3 Å². The first-order chi connectivity index (χ1) is 6.06. The average Bonchev–Trinajstić information content (AvgIpc) is 2.46. The number of rotatable bonds is 3. The summed E-state index contributed by atoms with van der Waals surface area (Å²) in [7, 11) is 0. The Bertz CT molecular complexity index is 283. The van der Waals surface area contributed by atoms with E-state index >= 15 is 0 Å². The first kappa shape index (κ1) is 10.5. The Balaban J connectivity index is 2.96. The monoisotopic (exact) mass is 201 g/mol. The normalized spacial score (nSPS) is 13.6. The quantitative estimate of drug-likeness (QED) is 0.695. The molecule has 0 saturated heterocycles. The number of aliphatic hydroxyl groups is 1. The number of hydrogen-bond donors (Lipinski definition) is 3. The summed E-state index contributed by atoms with van der Waals surface area (Å²) >= 11 is 1.42. The zero-order valence-corrected chi connectivity index (χ0v) is 8.64. The van der Waals surface area contributed by atoms with Gasteiger partial charge in [-0.2, -0.15) is 0 Å². The van der Waals surface area contributed by atoms with Crippen LogP contribution in [0.5, 0.6) is 5.75 Å². The lowest BCUT2D eigenvalue weighted by atomic mass is 10.2. The molecule has 0 radical (unpaired) electrons. The van der Waals surface area contributed by atoms with E-state index in [4.69, 9.17) is 5.73 Å². The van der Waals surface area contributed by atoms with E-state index in [2.05, 4.69) is 0 Å². The summed E-state index contributed by atoms with van der Waals surface area (Å²) in [6.07, 6.45) is -0.738. The molecule has 0 spiro atoms. The van der Waals surface area contributed by atoms with E-state index in [0.29, 0.717) is 10.8 Å². The molecule has 0 aliphatic rings. The van der Waals surface area contributed by atoms with Gasteiger partial charge in [-0.25, -0.2) is 0 Å². The molecule has 3 nitrogen and oxygen atoms in total. The van der Waals surface area contributed by atoms with Gasteiger partial charge in [-0.3, -0.25) is 0 Å². The molecule has 0 aliphatic heterocycles. The van der Waals surface area contributed by atoms with Crippen molar-refractivity contribution in [3.05, 3.63) is 15.8 Å². The van der Waals surface area contributed by atoms with Crippen LogP contribution < -0.4 is 5.73 Å². The molecule has 1 aromatic heterocycles. The van der Waals surface area contributed by atoms with Crippen molar-refractivity contribution >= 4 is 11.3 Å². The predicted molar refractivity (Wildman–Crippen MR) is 54.1 cm³/mol. The van der Waals surface area contributed by atoms with Gasteiger partial charge in [-0.1, -0.05) is 13.8 Å². The highest BCUT2D eigenvalue weighted by atomic mass is 32.1. The molecule has 1 atom stereocenters. The number of thiophene rings is 1. The number of aromatic hydroxyl groups is 1. The van der Waals surface area contributed by atoms with E-state index in [1.54, 1.807) is 6.07 Å². The lowest BCUT2D eigenvalue weighted by Crippen LogP contribution is -2.10. The second kappa shape index (κ2) is 4.09. The maximum atomic E-state index is 9.48. The molecule has 4 heteroatoms. The van der Waals surface area contributed by atoms with Gasteiger partial charge in [0, 0.05) is 11.4 Å². The molecule has 4 N–H and O–H groups in total. The fraction of sp³-hybridized carbons (Fsp3) is 0.556. The van der Waals surface area contributed by atoms with E-state index in [9.17, 15) is 10.2 Å². The van der Waals surface area contributed by atoms with Gasteiger partial charge in [0.1, 0.15) is 11.9 Å².